The molecule has 3 rings (SSSR count). The maximum absolute atomic E-state index is 12.6. The van der Waals surface area contributed by atoms with Crippen LogP contribution in [0.1, 0.15) is 32.1 Å². The molecule has 24 heavy (non-hydrogen) atoms. The lowest BCUT2D eigenvalue weighted by molar-refractivity contribution is -0.131. The Morgan fingerprint density at radius 2 is 1.96 bits per heavy atom. The lowest BCUT2D eigenvalue weighted by atomic mass is 9.93. The number of nitrogens with zero attached hydrogens (tertiary/aromatic N) is 5. The van der Waals surface area contributed by atoms with Gasteiger partial charge in [0, 0.05) is 51.5 Å². The van der Waals surface area contributed by atoms with Crippen LogP contribution in [0.3, 0.4) is 0 Å². The molecule has 6 nitrogen and oxygen atoms in total. The van der Waals surface area contributed by atoms with E-state index in [1.54, 1.807) is 12.4 Å². The van der Waals surface area contributed by atoms with Crippen molar-refractivity contribution in [2.24, 2.45) is 5.92 Å². The van der Waals surface area contributed by atoms with E-state index < -0.39 is 0 Å². The van der Waals surface area contributed by atoms with Crippen molar-refractivity contribution in [3.8, 4) is 0 Å². The van der Waals surface area contributed by atoms with Gasteiger partial charge in [-0.15, -0.1) is 0 Å². The number of piperidine rings is 1. The summed E-state index contributed by atoms with van der Waals surface area (Å²) in [6.45, 7) is 5.72. The molecule has 1 amide bonds. The van der Waals surface area contributed by atoms with Crippen molar-refractivity contribution in [3.05, 3.63) is 18.5 Å². The second-order valence-electron chi connectivity index (χ2n) is 7.08. The van der Waals surface area contributed by atoms with E-state index in [2.05, 4.69) is 26.8 Å². The summed E-state index contributed by atoms with van der Waals surface area (Å²) in [5.74, 6) is 1.78. The molecular formula is C18H29N5O. The second kappa shape index (κ2) is 8.42. The Kier molecular flexibility index (Phi) is 6.01. The van der Waals surface area contributed by atoms with Gasteiger partial charge in [0.1, 0.15) is 0 Å². The molecule has 132 valence electrons. The molecule has 0 aliphatic carbocycles. The van der Waals surface area contributed by atoms with Crippen molar-refractivity contribution < 1.29 is 4.79 Å². The van der Waals surface area contributed by atoms with Gasteiger partial charge in [-0.2, -0.15) is 0 Å². The Bertz CT molecular complexity index is 523. The second-order valence-corrected chi connectivity index (χ2v) is 7.08. The van der Waals surface area contributed by atoms with E-state index >= 15 is 0 Å². The van der Waals surface area contributed by atoms with Gasteiger partial charge >= 0.3 is 0 Å². The third-order valence-corrected chi connectivity index (χ3v) is 5.17. The monoisotopic (exact) mass is 331 g/mol. The summed E-state index contributed by atoms with van der Waals surface area (Å²) in [4.78, 5) is 27.8. The van der Waals surface area contributed by atoms with E-state index in [9.17, 15) is 4.79 Å². The normalized spacial score (nSPS) is 23.1. The molecular weight excluding hydrogens is 302 g/mol. The number of carbonyl (C=O) groups is 1. The third-order valence-electron chi connectivity index (χ3n) is 5.17. The van der Waals surface area contributed by atoms with Crippen molar-refractivity contribution in [2.45, 2.75) is 32.1 Å². The van der Waals surface area contributed by atoms with Crippen molar-refractivity contribution in [1.82, 2.24) is 19.8 Å². The van der Waals surface area contributed by atoms with Gasteiger partial charge in [-0.25, -0.2) is 9.97 Å². The van der Waals surface area contributed by atoms with Gasteiger partial charge in [-0.3, -0.25) is 4.79 Å². The van der Waals surface area contributed by atoms with Gasteiger partial charge in [-0.05, 0) is 51.3 Å². The smallest absolute Gasteiger partial charge is 0.225 e. The number of anilines is 1. The molecule has 1 atom stereocenters. The molecule has 3 heterocycles. The minimum Gasteiger partial charge on any atom is -0.341 e. The van der Waals surface area contributed by atoms with Crippen LogP contribution in [-0.4, -0.2) is 72.0 Å². The predicted octanol–water partition coefficient (Wildman–Crippen LogP) is 1.64. The molecule has 0 unspecified atom stereocenters. The van der Waals surface area contributed by atoms with Crippen LogP contribution in [0.5, 0.6) is 0 Å². The van der Waals surface area contributed by atoms with Crippen LogP contribution < -0.4 is 4.90 Å². The zero-order chi connectivity index (χ0) is 16.8. The first kappa shape index (κ1) is 17.1. The van der Waals surface area contributed by atoms with Crippen LogP contribution in [0.2, 0.25) is 0 Å². The van der Waals surface area contributed by atoms with Crippen LogP contribution in [-0.2, 0) is 4.79 Å². The van der Waals surface area contributed by atoms with E-state index in [4.69, 9.17) is 0 Å². The first-order chi connectivity index (χ1) is 11.7. The maximum atomic E-state index is 12.6. The van der Waals surface area contributed by atoms with Crippen molar-refractivity contribution >= 4 is 11.9 Å². The minimum atomic E-state index is 0.319. The Morgan fingerprint density at radius 1 is 1.12 bits per heavy atom. The van der Waals surface area contributed by atoms with E-state index in [1.165, 1.54) is 19.4 Å². The summed E-state index contributed by atoms with van der Waals surface area (Å²) in [6, 6.07) is 1.83. The molecule has 2 saturated heterocycles. The highest BCUT2D eigenvalue weighted by Crippen LogP contribution is 2.20. The number of rotatable bonds is 4. The first-order valence-electron chi connectivity index (χ1n) is 9.20. The van der Waals surface area contributed by atoms with Crippen LogP contribution in [0.15, 0.2) is 18.5 Å². The van der Waals surface area contributed by atoms with Gasteiger partial charge < -0.3 is 14.7 Å². The topological polar surface area (TPSA) is 52.6 Å². The summed E-state index contributed by atoms with van der Waals surface area (Å²) in [6.07, 6.45) is 8.80. The number of hydrogen-bond acceptors (Lipinski definition) is 5. The number of carbonyl (C=O) groups excluding carboxylic acids is 1. The molecule has 0 bridgehead atoms. The number of aromatic nitrogens is 2. The summed E-state index contributed by atoms with van der Waals surface area (Å²) < 4.78 is 0. The zero-order valence-electron chi connectivity index (χ0n) is 14.7. The van der Waals surface area contributed by atoms with Crippen LogP contribution in [0.25, 0.3) is 0 Å². The van der Waals surface area contributed by atoms with Crippen LogP contribution in [0.4, 0.5) is 5.95 Å². The standard InChI is InChI=1S/C18H29N5O/c1-21-10-2-5-16(15-21)6-7-17(24)22-11-4-12-23(14-13-22)18-19-8-3-9-20-18/h3,8-9,16H,2,4-7,10-15H2,1H3/t16-/m0/s1. The van der Waals surface area contributed by atoms with E-state index in [1.807, 2.05) is 11.0 Å². The van der Waals surface area contributed by atoms with Gasteiger partial charge in [-0.1, -0.05) is 0 Å². The SMILES string of the molecule is CN1CCC[C@@H](CCC(=O)N2CCCN(c3ncccn3)CC2)C1. The fourth-order valence-corrected chi connectivity index (χ4v) is 3.82. The average molecular weight is 331 g/mol. The first-order valence-corrected chi connectivity index (χ1v) is 9.20. The number of likely N-dealkylation sites (tertiary alicyclic amines) is 1. The fraction of sp³-hybridized carbons (Fsp3) is 0.722. The maximum Gasteiger partial charge on any atom is 0.225 e. The molecule has 6 heteroatoms. The van der Waals surface area contributed by atoms with Gasteiger partial charge in [0.15, 0.2) is 0 Å². The van der Waals surface area contributed by atoms with Gasteiger partial charge in [0.05, 0.1) is 0 Å². The molecule has 2 fully saturated rings. The number of amides is 1. The third kappa shape index (κ3) is 4.66. The van der Waals surface area contributed by atoms with Gasteiger partial charge in [0.2, 0.25) is 11.9 Å². The summed E-state index contributed by atoms with van der Waals surface area (Å²) >= 11 is 0. The molecule has 2 aliphatic heterocycles. The van der Waals surface area contributed by atoms with E-state index in [0.29, 0.717) is 18.2 Å². The molecule has 2 aliphatic rings. The zero-order valence-corrected chi connectivity index (χ0v) is 14.7. The molecule has 1 aromatic heterocycles. The fourth-order valence-electron chi connectivity index (χ4n) is 3.82. The van der Waals surface area contributed by atoms with Crippen LogP contribution in [0, 0.1) is 5.92 Å². The average Bonchev–Trinajstić information content (AvgIpc) is 2.87. The Morgan fingerprint density at radius 3 is 2.75 bits per heavy atom. The van der Waals surface area contributed by atoms with Crippen LogP contribution >= 0.6 is 0 Å². The van der Waals surface area contributed by atoms with E-state index in [-0.39, 0.29) is 0 Å². The lowest BCUT2D eigenvalue weighted by Crippen LogP contribution is -2.36. The minimum absolute atomic E-state index is 0.319. The summed E-state index contributed by atoms with van der Waals surface area (Å²) in [5, 5.41) is 0. The molecule has 0 saturated carbocycles. The molecule has 1 aromatic rings. The van der Waals surface area contributed by atoms with Crippen molar-refractivity contribution in [3.63, 3.8) is 0 Å². The molecule has 0 N–H and O–H groups in total. The predicted molar refractivity (Wildman–Crippen MR) is 94.9 cm³/mol. The quantitative estimate of drug-likeness (QED) is 0.839. The van der Waals surface area contributed by atoms with Crippen molar-refractivity contribution in [2.75, 3.05) is 51.2 Å². The molecule has 0 spiro atoms. The summed E-state index contributed by atoms with van der Waals surface area (Å²) in [5.41, 5.74) is 0. The highest BCUT2D eigenvalue weighted by molar-refractivity contribution is 5.76. The molecule has 0 radical (unpaired) electrons. The Balaban J connectivity index is 1.46. The number of hydrogen-bond donors (Lipinski definition) is 0. The van der Waals surface area contributed by atoms with Crippen molar-refractivity contribution in [1.29, 1.82) is 0 Å². The highest BCUT2D eigenvalue weighted by Gasteiger charge is 2.22. The lowest BCUT2D eigenvalue weighted by Gasteiger charge is -2.30. The Labute approximate surface area is 144 Å². The molecule has 0 aromatic carbocycles. The summed E-state index contributed by atoms with van der Waals surface area (Å²) in [7, 11) is 2.18. The Hall–Kier alpha value is -1.69. The van der Waals surface area contributed by atoms with E-state index in [0.717, 1.165) is 51.5 Å². The highest BCUT2D eigenvalue weighted by atomic mass is 16.2. The van der Waals surface area contributed by atoms with Gasteiger partial charge in [0.25, 0.3) is 0 Å². The largest absolute Gasteiger partial charge is 0.341 e.